The molecule has 0 radical (unpaired) electrons. The zero-order valence-electron chi connectivity index (χ0n) is 14.3. The number of hydrogen-bond acceptors (Lipinski definition) is 0. The highest BCUT2D eigenvalue weighted by Crippen LogP contribution is 2.54. The van der Waals surface area contributed by atoms with E-state index in [9.17, 15) is 0 Å². The van der Waals surface area contributed by atoms with Gasteiger partial charge < -0.3 is 0 Å². The van der Waals surface area contributed by atoms with Crippen molar-refractivity contribution in [3.8, 4) is 0 Å². The molecule has 3 aromatic carbocycles. The van der Waals surface area contributed by atoms with Crippen molar-refractivity contribution in [2.75, 3.05) is 4.43 Å². The SMILES string of the molecule is CC1(CI)C(c2ccc(Br)cc2)=C(c2ccc(Br)cc2)c2ccccc21. The first-order chi connectivity index (χ1) is 12.5. The Hall–Kier alpha value is -0.910. The van der Waals surface area contributed by atoms with Gasteiger partial charge in [-0.1, -0.05) is 110 Å². The topological polar surface area (TPSA) is 0 Å². The highest BCUT2D eigenvalue weighted by Gasteiger charge is 2.41. The van der Waals surface area contributed by atoms with Gasteiger partial charge in [-0.3, -0.25) is 0 Å². The molecule has 3 heteroatoms. The second-order valence-electron chi connectivity index (χ2n) is 6.78. The van der Waals surface area contributed by atoms with E-state index in [2.05, 4.69) is 134 Å². The molecule has 3 aromatic rings. The normalized spacial score (nSPS) is 18.9. The molecule has 1 unspecified atom stereocenters. The van der Waals surface area contributed by atoms with Gasteiger partial charge in [0.15, 0.2) is 0 Å². The van der Waals surface area contributed by atoms with E-state index in [1.54, 1.807) is 0 Å². The summed E-state index contributed by atoms with van der Waals surface area (Å²) in [6, 6.07) is 26.3. The predicted molar refractivity (Wildman–Crippen MR) is 127 cm³/mol. The van der Waals surface area contributed by atoms with E-state index < -0.39 is 0 Å². The molecule has 0 N–H and O–H groups in total. The molecule has 0 amide bonds. The summed E-state index contributed by atoms with van der Waals surface area (Å²) in [6.07, 6.45) is 0. The Kier molecular flexibility index (Phi) is 5.15. The monoisotopic (exact) mass is 578 g/mol. The Morgan fingerprint density at radius 2 is 1.31 bits per heavy atom. The first-order valence-corrected chi connectivity index (χ1v) is 11.6. The molecule has 130 valence electrons. The van der Waals surface area contributed by atoms with Crippen LogP contribution in [-0.2, 0) is 5.41 Å². The molecule has 0 aliphatic heterocycles. The maximum absolute atomic E-state index is 3.57. The minimum Gasteiger partial charge on any atom is -0.0851 e. The molecule has 1 aliphatic rings. The van der Waals surface area contributed by atoms with Crippen LogP contribution < -0.4 is 0 Å². The van der Waals surface area contributed by atoms with E-state index in [4.69, 9.17) is 0 Å². The largest absolute Gasteiger partial charge is 0.0851 e. The summed E-state index contributed by atoms with van der Waals surface area (Å²) in [5, 5.41) is 0. The van der Waals surface area contributed by atoms with Crippen LogP contribution in [0.4, 0.5) is 0 Å². The molecule has 0 saturated heterocycles. The first kappa shape index (κ1) is 18.5. The average Bonchev–Trinajstić information content (AvgIpc) is 2.93. The van der Waals surface area contributed by atoms with Crippen molar-refractivity contribution in [2.24, 2.45) is 0 Å². The van der Waals surface area contributed by atoms with Gasteiger partial charge in [-0.15, -0.1) is 0 Å². The third kappa shape index (κ3) is 3.02. The van der Waals surface area contributed by atoms with Crippen molar-refractivity contribution in [3.05, 3.63) is 104 Å². The average molecular weight is 580 g/mol. The van der Waals surface area contributed by atoms with Gasteiger partial charge in [-0.05, 0) is 57.7 Å². The zero-order chi connectivity index (χ0) is 18.3. The number of halogens is 3. The molecule has 0 saturated carbocycles. The predicted octanol–water partition coefficient (Wildman–Crippen LogP) is 7.88. The summed E-state index contributed by atoms with van der Waals surface area (Å²) in [4.78, 5) is 0. The number of fused-ring (bicyclic) bond motifs is 1. The van der Waals surface area contributed by atoms with Crippen LogP contribution in [0.5, 0.6) is 0 Å². The van der Waals surface area contributed by atoms with E-state index in [1.165, 1.54) is 33.4 Å². The van der Waals surface area contributed by atoms with Crippen LogP contribution >= 0.6 is 54.5 Å². The Morgan fingerprint density at radius 3 is 1.88 bits per heavy atom. The maximum Gasteiger partial charge on any atom is 0.0282 e. The van der Waals surface area contributed by atoms with E-state index >= 15 is 0 Å². The fraction of sp³-hybridized carbons (Fsp3) is 0.130. The lowest BCUT2D eigenvalue weighted by Crippen LogP contribution is -2.23. The van der Waals surface area contributed by atoms with Gasteiger partial charge in [0.1, 0.15) is 0 Å². The summed E-state index contributed by atoms with van der Waals surface area (Å²) in [5.74, 6) is 0. The Labute approximate surface area is 185 Å². The lowest BCUT2D eigenvalue weighted by molar-refractivity contribution is 0.729. The van der Waals surface area contributed by atoms with Crippen molar-refractivity contribution >= 4 is 65.6 Å². The number of allylic oxidation sites excluding steroid dienone is 1. The van der Waals surface area contributed by atoms with Crippen LogP contribution in [0.2, 0.25) is 0 Å². The molecule has 0 fully saturated rings. The van der Waals surface area contributed by atoms with Crippen LogP contribution in [0.1, 0.15) is 29.2 Å². The van der Waals surface area contributed by atoms with Crippen LogP contribution in [0.3, 0.4) is 0 Å². The number of benzene rings is 3. The van der Waals surface area contributed by atoms with Crippen molar-refractivity contribution < 1.29 is 0 Å². The molecule has 0 spiro atoms. The minimum absolute atomic E-state index is 0.00656. The van der Waals surface area contributed by atoms with Crippen LogP contribution in [-0.4, -0.2) is 4.43 Å². The lowest BCUT2D eigenvalue weighted by atomic mass is 9.78. The van der Waals surface area contributed by atoms with Gasteiger partial charge in [0, 0.05) is 18.8 Å². The molecule has 0 aromatic heterocycles. The summed E-state index contributed by atoms with van der Waals surface area (Å²) < 4.78 is 3.25. The lowest BCUT2D eigenvalue weighted by Gasteiger charge is -2.28. The summed E-state index contributed by atoms with van der Waals surface area (Å²) in [7, 11) is 0. The minimum atomic E-state index is -0.00656. The summed E-state index contributed by atoms with van der Waals surface area (Å²) >= 11 is 9.68. The fourth-order valence-electron chi connectivity index (χ4n) is 3.86. The molecule has 4 rings (SSSR count). The number of hydrogen-bond donors (Lipinski definition) is 0. The standard InChI is InChI=1S/C23H17Br2I/c1-23(14-26)20-5-3-2-4-19(20)21(15-6-10-17(24)11-7-15)22(23)16-8-12-18(25)13-9-16/h2-13H,14H2,1H3. The quantitative estimate of drug-likeness (QED) is 0.219. The molecule has 26 heavy (non-hydrogen) atoms. The molecule has 0 nitrogen and oxygen atoms in total. The number of rotatable bonds is 3. The van der Waals surface area contributed by atoms with E-state index in [0.717, 1.165) is 13.4 Å². The molecule has 1 aliphatic carbocycles. The molecule has 0 heterocycles. The Bertz CT molecular complexity index is 987. The Morgan fingerprint density at radius 1 is 0.769 bits per heavy atom. The maximum atomic E-state index is 3.57. The van der Waals surface area contributed by atoms with Crippen molar-refractivity contribution in [3.63, 3.8) is 0 Å². The van der Waals surface area contributed by atoms with Gasteiger partial charge in [0.2, 0.25) is 0 Å². The molecule has 1 atom stereocenters. The van der Waals surface area contributed by atoms with E-state index in [1.807, 2.05) is 0 Å². The smallest absolute Gasteiger partial charge is 0.0282 e. The highest BCUT2D eigenvalue weighted by molar-refractivity contribution is 14.1. The van der Waals surface area contributed by atoms with Crippen LogP contribution in [0, 0.1) is 0 Å². The summed E-state index contributed by atoms with van der Waals surface area (Å²) in [5.41, 5.74) is 8.11. The van der Waals surface area contributed by atoms with Gasteiger partial charge in [-0.25, -0.2) is 0 Å². The Balaban J connectivity index is 2.06. The highest BCUT2D eigenvalue weighted by atomic mass is 127. The second kappa shape index (κ2) is 7.25. The second-order valence-corrected chi connectivity index (χ2v) is 9.37. The van der Waals surface area contributed by atoms with Crippen molar-refractivity contribution in [1.29, 1.82) is 0 Å². The molecular formula is C23H17Br2I. The number of alkyl halides is 1. The van der Waals surface area contributed by atoms with Crippen molar-refractivity contribution in [1.82, 2.24) is 0 Å². The van der Waals surface area contributed by atoms with E-state index in [-0.39, 0.29) is 5.41 Å². The van der Waals surface area contributed by atoms with Gasteiger partial charge in [0.25, 0.3) is 0 Å². The summed E-state index contributed by atoms with van der Waals surface area (Å²) in [6.45, 7) is 2.38. The third-order valence-electron chi connectivity index (χ3n) is 5.13. The van der Waals surface area contributed by atoms with Crippen LogP contribution in [0.25, 0.3) is 11.1 Å². The zero-order valence-corrected chi connectivity index (χ0v) is 19.6. The fourth-order valence-corrected chi connectivity index (χ4v) is 5.18. The van der Waals surface area contributed by atoms with Gasteiger partial charge >= 0.3 is 0 Å². The first-order valence-electron chi connectivity index (χ1n) is 8.47. The van der Waals surface area contributed by atoms with Gasteiger partial charge in [-0.2, -0.15) is 0 Å². The van der Waals surface area contributed by atoms with E-state index in [0.29, 0.717) is 0 Å². The van der Waals surface area contributed by atoms with Crippen LogP contribution in [0.15, 0.2) is 81.7 Å². The van der Waals surface area contributed by atoms with Gasteiger partial charge in [0.05, 0.1) is 0 Å². The molecule has 0 bridgehead atoms. The van der Waals surface area contributed by atoms with Crippen molar-refractivity contribution in [2.45, 2.75) is 12.3 Å². The third-order valence-corrected chi connectivity index (χ3v) is 7.71. The molecular weight excluding hydrogens is 563 g/mol.